The van der Waals surface area contributed by atoms with E-state index in [9.17, 15) is 0 Å². The standard InChI is InChI=1S/C13H20N2/c1-10-6-8-15(9-7-10)13-11(2)4-3-5-12(13)14/h3-5,10H,6-9,14H2,1-2H3. The lowest BCUT2D eigenvalue weighted by Gasteiger charge is -2.33. The average Bonchev–Trinajstić information content (AvgIpc) is 2.20. The highest BCUT2D eigenvalue weighted by atomic mass is 15.1. The van der Waals surface area contributed by atoms with Gasteiger partial charge in [-0.25, -0.2) is 0 Å². The van der Waals surface area contributed by atoms with Crippen LogP contribution in [0.25, 0.3) is 0 Å². The molecule has 2 nitrogen and oxygen atoms in total. The molecule has 82 valence electrons. The van der Waals surface area contributed by atoms with Crippen molar-refractivity contribution in [3.63, 3.8) is 0 Å². The van der Waals surface area contributed by atoms with Crippen LogP contribution < -0.4 is 10.6 Å². The third kappa shape index (κ3) is 2.09. The predicted molar refractivity (Wildman–Crippen MR) is 66.2 cm³/mol. The van der Waals surface area contributed by atoms with Gasteiger partial charge in [-0.2, -0.15) is 0 Å². The van der Waals surface area contributed by atoms with Crippen LogP contribution in [-0.2, 0) is 0 Å². The van der Waals surface area contributed by atoms with Crippen LogP contribution in [0.5, 0.6) is 0 Å². The normalized spacial score (nSPS) is 18.1. The first kappa shape index (κ1) is 10.3. The summed E-state index contributed by atoms with van der Waals surface area (Å²) >= 11 is 0. The third-order valence-electron chi connectivity index (χ3n) is 3.37. The van der Waals surface area contributed by atoms with Gasteiger partial charge in [0.05, 0.1) is 11.4 Å². The number of piperidine rings is 1. The largest absolute Gasteiger partial charge is 0.397 e. The first-order valence-electron chi connectivity index (χ1n) is 5.78. The molecule has 2 heteroatoms. The summed E-state index contributed by atoms with van der Waals surface area (Å²) in [5, 5.41) is 0. The number of benzene rings is 1. The maximum atomic E-state index is 6.05. The van der Waals surface area contributed by atoms with E-state index in [1.54, 1.807) is 0 Å². The Morgan fingerprint density at radius 2 is 1.93 bits per heavy atom. The molecule has 0 unspecified atom stereocenters. The van der Waals surface area contributed by atoms with Crippen LogP contribution in [0.2, 0.25) is 0 Å². The molecule has 0 amide bonds. The number of hydrogen-bond acceptors (Lipinski definition) is 2. The first-order chi connectivity index (χ1) is 7.18. The summed E-state index contributed by atoms with van der Waals surface area (Å²) in [6, 6.07) is 6.17. The summed E-state index contributed by atoms with van der Waals surface area (Å²) in [4.78, 5) is 2.44. The maximum absolute atomic E-state index is 6.05. The van der Waals surface area contributed by atoms with Crippen LogP contribution in [0.4, 0.5) is 11.4 Å². The van der Waals surface area contributed by atoms with Crippen LogP contribution >= 0.6 is 0 Å². The van der Waals surface area contributed by atoms with Crippen LogP contribution in [-0.4, -0.2) is 13.1 Å². The molecule has 1 fully saturated rings. The highest BCUT2D eigenvalue weighted by Gasteiger charge is 2.18. The van der Waals surface area contributed by atoms with E-state index in [0.29, 0.717) is 0 Å². The molecule has 0 saturated carbocycles. The topological polar surface area (TPSA) is 29.3 Å². The fourth-order valence-electron chi connectivity index (χ4n) is 2.35. The fourth-order valence-corrected chi connectivity index (χ4v) is 2.35. The molecule has 0 aromatic heterocycles. The number of rotatable bonds is 1. The molecule has 1 aromatic rings. The number of nitrogen functional groups attached to an aromatic ring is 1. The zero-order valence-corrected chi connectivity index (χ0v) is 9.66. The van der Waals surface area contributed by atoms with Gasteiger partial charge in [0.2, 0.25) is 0 Å². The molecule has 1 saturated heterocycles. The van der Waals surface area contributed by atoms with Gasteiger partial charge >= 0.3 is 0 Å². The lowest BCUT2D eigenvalue weighted by atomic mass is 9.98. The molecule has 0 aliphatic carbocycles. The van der Waals surface area contributed by atoms with E-state index in [2.05, 4.69) is 24.8 Å². The molecule has 1 heterocycles. The van der Waals surface area contributed by atoms with Crippen LogP contribution in [0.15, 0.2) is 18.2 Å². The summed E-state index contributed by atoms with van der Waals surface area (Å²) in [5.41, 5.74) is 9.52. The number of para-hydroxylation sites is 1. The smallest absolute Gasteiger partial charge is 0.0629 e. The average molecular weight is 204 g/mol. The van der Waals surface area contributed by atoms with E-state index < -0.39 is 0 Å². The van der Waals surface area contributed by atoms with E-state index in [1.807, 2.05) is 12.1 Å². The Balaban J connectivity index is 2.22. The summed E-state index contributed by atoms with van der Waals surface area (Å²) in [7, 11) is 0. The second-order valence-corrected chi connectivity index (χ2v) is 4.68. The van der Waals surface area contributed by atoms with Gasteiger partial charge in [-0.1, -0.05) is 19.1 Å². The summed E-state index contributed by atoms with van der Waals surface area (Å²) in [6.07, 6.45) is 2.57. The Bertz CT molecular complexity index is 318. The molecule has 2 N–H and O–H groups in total. The summed E-state index contributed by atoms with van der Waals surface area (Å²) < 4.78 is 0. The Labute approximate surface area is 92.1 Å². The Kier molecular flexibility index (Phi) is 2.85. The van der Waals surface area contributed by atoms with Gasteiger partial charge in [0.25, 0.3) is 0 Å². The van der Waals surface area contributed by atoms with Crippen molar-refractivity contribution < 1.29 is 0 Å². The van der Waals surface area contributed by atoms with Gasteiger partial charge in [0.15, 0.2) is 0 Å². The lowest BCUT2D eigenvalue weighted by molar-refractivity contribution is 0.438. The second kappa shape index (κ2) is 4.13. The van der Waals surface area contributed by atoms with E-state index in [1.165, 1.54) is 24.1 Å². The monoisotopic (exact) mass is 204 g/mol. The molecule has 0 bridgehead atoms. The number of aryl methyl sites for hydroxylation is 1. The molecule has 1 aromatic carbocycles. The molecule has 2 rings (SSSR count). The quantitative estimate of drug-likeness (QED) is 0.713. The summed E-state index contributed by atoms with van der Waals surface area (Å²) in [5.74, 6) is 0.867. The molecular weight excluding hydrogens is 184 g/mol. The number of anilines is 2. The fraction of sp³-hybridized carbons (Fsp3) is 0.538. The maximum Gasteiger partial charge on any atom is 0.0629 e. The molecule has 1 aliphatic rings. The van der Waals surface area contributed by atoms with Crippen molar-refractivity contribution in [3.8, 4) is 0 Å². The van der Waals surface area contributed by atoms with Crippen molar-refractivity contribution in [1.29, 1.82) is 0 Å². The molecule has 1 aliphatic heterocycles. The van der Waals surface area contributed by atoms with Gasteiger partial charge < -0.3 is 10.6 Å². The molecule has 0 radical (unpaired) electrons. The molecule has 15 heavy (non-hydrogen) atoms. The zero-order valence-electron chi connectivity index (χ0n) is 9.66. The minimum absolute atomic E-state index is 0.867. The Morgan fingerprint density at radius 1 is 1.27 bits per heavy atom. The van der Waals surface area contributed by atoms with E-state index in [4.69, 9.17) is 5.73 Å². The Morgan fingerprint density at radius 3 is 2.53 bits per heavy atom. The van der Waals surface area contributed by atoms with Crippen LogP contribution in [0.1, 0.15) is 25.3 Å². The van der Waals surface area contributed by atoms with Crippen molar-refractivity contribution in [1.82, 2.24) is 0 Å². The van der Waals surface area contributed by atoms with Crippen molar-refractivity contribution in [3.05, 3.63) is 23.8 Å². The van der Waals surface area contributed by atoms with E-state index in [0.717, 1.165) is 24.7 Å². The lowest BCUT2D eigenvalue weighted by Crippen LogP contribution is -2.33. The van der Waals surface area contributed by atoms with Gasteiger partial charge in [0.1, 0.15) is 0 Å². The van der Waals surface area contributed by atoms with Gasteiger partial charge in [0, 0.05) is 13.1 Å². The predicted octanol–water partition coefficient (Wildman–Crippen LogP) is 2.81. The van der Waals surface area contributed by atoms with Gasteiger partial charge in [-0.15, -0.1) is 0 Å². The number of hydrogen-bond donors (Lipinski definition) is 1. The van der Waals surface area contributed by atoms with Crippen molar-refractivity contribution in [2.45, 2.75) is 26.7 Å². The van der Waals surface area contributed by atoms with Gasteiger partial charge in [-0.05, 0) is 37.3 Å². The van der Waals surface area contributed by atoms with E-state index in [-0.39, 0.29) is 0 Å². The second-order valence-electron chi connectivity index (χ2n) is 4.68. The highest BCUT2D eigenvalue weighted by molar-refractivity contribution is 5.71. The minimum Gasteiger partial charge on any atom is -0.397 e. The summed E-state index contributed by atoms with van der Waals surface area (Å²) in [6.45, 7) is 6.77. The molecular formula is C13H20N2. The molecule has 0 spiro atoms. The third-order valence-corrected chi connectivity index (χ3v) is 3.37. The number of nitrogens with two attached hydrogens (primary N) is 1. The molecule has 0 atom stereocenters. The van der Waals surface area contributed by atoms with E-state index >= 15 is 0 Å². The zero-order chi connectivity index (χ0) is 10.8. The highest BCUT2D eigenvalue weighted by Crippen LogP contribution is 2.30. The van der Waals surface area contributed by atoms with Crippen molar-refractivity contribution in [2.24, 2.45) is 5.92 Å². The van der Waals surface area contributed by atoms with Crippen LogP contribution in [0, 0.1) is 12.8 Å². The van der Waals surface area contributed by atoms with Crippen LogP contribution in [0.3, 0.4) is 0 Å². The van der Waals surface area contributed by atoms with Gasteiger partial charge in [-0.3, -0.25) is 0 Å². The van der Waals surface area contributed by atoms with Crippen molar-refractivity contribution in [2.75, 3.05) is 23.7 Å². The first-order valence-corrected chi connectivity index (χ1v) is 5.78. The van der Waals surface area contributed by atoms with Crippen molar-refractivity contribution >= 4 is 11.4 Å². The minimum atomic E-state index is 0.867. The number of nitrogens with zero attached hydrogens (tertiary/aromatic N) is 1. The SMILES string of the molecule is Cc1cccc(N)c1N1CCC(C)CC1. The Hall–Kier alpha value is -1.18.